The number of hydrogen-bond acceptors (Lipinski definition) is 4. The van der Waals surface area contributed by atoms with Gasteiger partial charge in [0, 0.05) is 37.0 Å². The molecule has 1 amide bonds. The Labute approximate surface area is 152 Å². The van der Waals surface area contributed by atoms with Gasteiger partial charge in [-0.25, -0.2) is 4.98 Å². The average Bonchev–Trinajstić information content (AvgIpc) is 2.67. The first-order chi connectivity index (χ1) is 12.2. The molecule has 2 heterocycles. The van der Waals surface area contributed by atoms with Gasteiger partial charge in [-0.1, -0.05) is 23.7 Å². The quantitative estimate of drug-likeness (QED) is 0.856. The van der Waals surface area contributed by atoms with Crippen LogP contribution in [0.3, 0.4) is 0 Å². The maximum atomic E-state index is 12.2. The largest absolute Gasteiger partial charge is 0.477 e. The van der Waals surface area contributed by atoms with Gasteiger partial charge in [0.05, 0.1) is 12.2 Å². The predicted octanol–water partition coefficient (Wildman–Crippen LogP) is 3.47. The minimum atomic E-state index is -0.168. The molecule has 0 unspecified atom stereocenters. The first kappa shape index (κ1) is 17.7. The Kier molecular flexibility index (Phi) is 6.25. The lowest BCUT2D eigenvalue weighted by Crippen LogP contribution is -2.23. The van der Waals surface area contributed by atoms with Crippen molar-refractivity contribution in [1.29, 1.82) is 0 Å². The molecule has 3 rings (SSSR count). The summed E-state index contributed by atoms with van der Waals surface area (Å²) in [7, 11) is 0. The molecule has 5 nitrogen and oxygen atoms in total. The SMILES string of the molecule is O=C(NCc1ccc(Cl)cc1)c1ccc(OCC2CCOCC2)nc1. The minimum absolute atomic E-state index is 0.168. The van der Waals surface area contributed by atoms with Crippen molar-refractivity contribution in [2.24, 2.45) is 5.92 Å². The summed E-state index contributed by atoms with van der Waals surface area (Å²) in [4.78, 5) is 16.4. The van der Waals surface area contributed by atoms with Crippen molar-refractivity contribution in [2.75, 3.05) is 19.8 Å². The molecule has 1 fully saturated rings. The van der Waals surface area contributed by atoms with Gasteiger partial charge in [-0.3, -0.25) is 4.79 Å². The molecule has 1 aromatic carbocycles. The van der Waals surface area contributed by atoms with Gasteiger partial charge in [-0.05, 0) is 42.5 Å². The number of ether oxygens (including phenoxy) is 2. The molecule has 1 N–H and O–H groups in total. The number of aromatic nitrogens is 1. The van der Waals surface area contributed by atoms with Gasteiger partial charge >= 0.3 is 0 Å². The number of carbonyl (C=O) groups is 1. The van der Waals surface area contributed by atoms with Crippen molar-refractivity contribution < 1.29 is 14.3 Å². The standard InChI is InChI=1S/C19H21ClN2O3/c20-17-4-1-14(2-5-17)11-22-19(23)16-3-6-18(21-12-16)25-13-15-7-9-24-10-8-15/h1-6,12,15H,7-11,13H2,(H,22,23). The monoisotopic (exact) mass is 360 g/mol. The maximum Gasteiger partial charge on any atom is 0.253 e. The predicted molar refractivity (Wildman–Crippen MR) is 95.9 cm³/mol. The van der Waals surface area contributed by atoms with Crippen LogP contribution in [0, 0.1) is 5.92 Å². The molecule has 0 radical (unpaired) electrons. The van der Waals surface area contributed by atoms with Gasteiger partial charge < -0.3 is 14.8 Å². The molecule has 0 spiro atoms. The molecule has 1 saturated heterocycles. The molecule has 0 aliphatic carbocycles. The smallest absolute Gasteiger partial charge is 0.253 e. The molecule has 2 aromatic rings. The normalized spacial score (nSPS) is 14.9. The van der Waals surface area contributed by atoms with Crippen molar-refractivity contribution in [3.05, 3.63) is 58.7 Å². The third-order valence-corrected chi connectivity index (χ3v) is 4.42. The third-order valence-electron chi connectivity index (χ3n) is 4.17. The Morgan fingerprint density at radius 1 is 1.20 bits per heavy atom. The summed E-state index contributed by atoms with van der Waals surface area (Å²) >= 11 is 5.85. The van der Waals surface area contributed by atoms with E-state index in [1.165, 1.54) is 6.20 Å². The third kappa shape index (κ3) is 5.44. The van der Waals surface area contributed by atoms with Crippen LogP contribution in [0.15, 0.2) is 42.6 Å². The Morgan fingerprint density at radius 2 is 1.96 bits per heavy atom. The van der Waals surface area contributed by atoms with Gasteiger partial charge in [-0.2, -0.15) is 0 Å². The highest BCUT2D eigenvalue weighted by molar-refractivity contribution is 6.30. The summed E-state index contributed by atoms with van der Waals surface area (Å²) in [6.07, 6.45) is 3.58. The van der Waals surface area contributed by atoms with Crippen molar-refractivity contribution >= 4 is 17.5 Å². The van der Waals surface area contributed by atoms with E-state index < -0.39 is 0 Å². The van der Waals surface area contributed by atoms with Crippen LogP contribution < -0.4 is 10.1 Å². The zero-order chi connectivity index (χ0) is 17.5. The van der Waals surface area contributed by atoms with Gasteiger partial charge in [0.2, 0.25) is 5.88 Å². The van der Waals surface area contributed by atoms with Crippen LogP contribution in [-0.4, -0.2) is 30.7 Å². The highest BCUT2D eigenvalue weighted by Gasteiger charge is 2.15. The van der Waals surface area contributed by atoms with E-state index in [0.29, 0.717) is 35.5 Å². The molecule has 0 atom stereocenters. The maximum absolute atomic E-state index is 12.2. The van der Waals surface area contributed by atoms with Gasteiger partial charge in [-0.15, -0.1) is 0 Å². The summed E-state index contributed by atoms with van der Waals surface area (Å²) in [5.74, 6) is 0.886. The van der Waals surface area contributed by atoms with E-state index in [4.69, 9.17) is 21.1 Å². The molecular weight excluding hydrogens is 340 g/mol. The van der Waals surface area contributed by atoms with E-state index in [9.17, 15) is 4.79 Å². The van der Waals surface area contributed by atoms with E-state index in [1.54, 1.807) is 24.3 Å². The molecule has 132 valence electrons. The van der Waals surface area contributed by atoms with Gasteiger partial charge in [0.1, 0.15) is 0 Å². The van der Waals surface area contributed by atoms with Crippen molar-refractivity contribution in [1.82, 2.24) is 10.3 Å². The zero-order valence-electron chi connectivity index (χ0n) is 13.9. The Balaban J connectivity index is 1.47. The van der Waals surface area contributed by atoms with E-state index >= 15 is 0 Å². The van der Waals surface area contributed by atoms with Crippen LogP contribution in [0.2, 0.25) is 5.02 Å². The fraction of sp³-hybridized carbons (Fsp3) is 0.368. The molecule has 1 aromatic heterocycles. The minimum Gasteiger partial charge on any atom is -0.477 e. The fourth-order valence-corrected chi connectivity index (χ4v) is 2.73. The Bertz CT molecular complexity index is 683. The average molecular weight is 361 g/mol. The lowest BCUT2D eigenvalue weighted by molar-refractivity contribution is 0.0490. The zero-order valence-corrected chi connectivity index (χ0v) is 14.7. The molecule has 25 heavy (non-hydrogen) atoms. The second-order valence-electron chi connectivity index (χ2n) is 6.06. The number of hydrogen-bond donors (Lipinski definition) is 1. The molecule has 6 heteroatoms. The fourth-order valence-electron chi connectivity index (χ4n) is 2.60. The van der Waals surface area contributed by atoms with Crippen molar-refractivity contribution in [2.45, 2.75) is 19.4 Å². The summed E-state index contributed by atoms with van der Waals surface area (Å²) in [5, 5.41) is 3.54. The molecular formula is C19H21ClN2O3. The summed E-state index contributed by atoms with van der Waals surface area (Å²) in [6, 6.07) is 10.8. The number of halogens is 1. The molecule has 0 saturated carbocycles. The number of rotatable bonds is 6. The highest BCUT2D eigenvalue weighted by atomic mass is 35.5. The van der Waals surface area contributed by atoms with E-state index in [2.05, 4.69) is 10.3 Å². The number of nitrogens with zero attached hydrogens (tertiary/aromatic N) is 1. The lowest BCUT2D eigenvalue weighted by atomic mass is 10.0. The van der Waals surface area contributed by atoms with Crippen LogP contribution in [0.25, 0.3) is 0 Å². The van der Waals surface area contributed by atoms with Crippen LogP contribution in [0.1, 0.15) is 28.8 Å². The first-order valence-electron chi connectivity index (χ1n) is 8.40. The number of carbonyl (C=O) groups excluding carboxylic acids is 1. The topological polar surface area (TPSA) is 60.5 Å². The first-order valence-corrected chi connectivity index (χ1v) is 8.78. The van der Waals surface area contributed by atoms with Crippen LogP contribution >= 0.6 is 11.6 Å². The van der Waals surface area contributed by atoms with Gasteiger partial charge in [0.25, 0.3) is 5.91 Å². The van der Waals surface area contributed by atoms with Crippen molar-refractivity contribution in [3.63, 3.8) is 0 Å². The summed E-state index contributed by atoms with van der Waals surface area (Å²) in [6.45, 7) is 2.68. The molecule has 0 bridgehead atoms. The van der Waals surface area contributed by atoms with E-state index in [1.807, 2.05) is 12.1 Å². The second-order valence-corrected chi connectivity index (χ2v) is 6.50. The Hall–Kier alpha value is -2.11. The van der Waals surface area contributed by atoms with Gasteiger partial charge in [0.15, 0.2) is 0 Å². The van der Waals surface area contributed by atoms with E-state index in [-0.39, 0.29) is 5.91 Å². The molecule has 1 aliphatic heterocycles. The molecule has 1 aliphatic rings. The summed E-state index contributed by atoms with van der Waals surface area (Å²) < 4.78 is 11.0. The van der Waals surface area contributed by atoms with Crippen molar-refractivity contribution in [3.8, 4) is 5.88 Å². The Morgan fingerprint density at radius 3 is 2.64 bits per heavy atom. The second kappa shape index (κ2) is 8.83. The van der Waals surface area contributed by atoms with E-state index in [0.717, 1.165) is 31.6 Å². The number of nitrogens with one attached hydrogen (secondary N) is 1. The van der Waals surface area contributed by atoms with Crippen LogP contribution in [-0.2, 0) is 11.3 Å². The number of amides is 1. The lowest BCUT2D eigenvalue weighted by Gasteiger charge is -2.21. The highest BCUT2D eigenvalue weighted by Crippen LogP contribution is 2.17. The number of benzene rings is 1. The van der Waals surface area contributed by atoms with Crippen LogP contribution in [0.5, 0.6) is 5.88 Å². The van der Waals surface area contributed by atoms with Crippen LogP contribution in [0.4, 0.5) is 0 Å². The summed E-state index contributed by atoms with van der Waals surface area (Å²) in [5.41, 5.74) is 1.49. The number of pyridine rings is 1.